The number of hydrogen-bond donors (Lipinski definition) is 8. The number of aromatic amines is 1. The van der Waals surface area contributed by atoms with Crippen molar-refractivity contribution in [1.82, 2.24) is 25.9 Å². The number of carboxylic acid groups (broad SMARTS) is 1. The highest BCUT2D eigenvalue weighted by Gasteiger charge is 2.30. The van der Waals surface area contributed by atoms with E-state index in [1.54, 1.807) is 12.1 Å². The van der Waals surface area contributed by atoms with Gasteiger partial charge in [0.05, 0.1) is 12.4 Å². The highest BCUT2D eigenvalue weighted by Crippen LogP contribution is 2.12. The summed E-state index contributed by atoms with van der Waals surface area (Å²) < 4.78 is 0. The third-order valence-corrected chi connectivity index (χ3v) is 6.24. The zero-order valence-electron chi connectivity index (χ0n) is 22.9. The Balaban J connectivity index is 2.11. The fourth-order valence-electron chi connectivity index (χ4n) is 4.08. The Labute approximate surface area is 233 Å². The summed E-state index contributed by atoms with van der Waals surface area (Å²) in [5, 5.41) is 27.0. The molecule has 0 radical (unpaired) electrons. The lowest BCUT2D eigenvalue weighted by Crippen LogP contribution is -2.57. The Morgan fingerprint density at radius 1 is 0.925 bits per heavy atom. The largest absolute Gasteiger partial charge is 0.508 e. The van der Waals surface area contributed by atoms with Gasteiger partial charge in [-0.25, -0.2) is 9.78 Å². The van der Waals surface area contributed by atoms with Crippen LogP contribution in [-0.4, -0.2) is 74.6 Å². The Morgan fingerprint density at radius 3 is 2.12 bits per heavy atom. The van der Waals surface area contributed by atoms with Gasteiger partial charge in [0.15, 0.2) is 0 Å². The summed E-state index contributed by atoms with van der Waals surface area (Å²) in [6, 6.07) is 2.09. The molecule has 0 saturated carbocycles. The molecule has 13 heteroatoms. The monoisotopic (exact) mass is 559 g/mol. The molecule has 10 N–H and O–H groups in total. The van der Waals surface area contributed by atoms with Gasteiger partial charge in [-0.2, -0.15) is 0 Å². The molecule has 2 aromatic rings. The summed E-state index contributed by atoms with van der Waals surface area (Å²) in [6.07, 6.45) is 4.70. The third-order valence-electron chi connectivity index (χ3n) is 6.24. The minimum atomic E-state index is -1.24. The number of aliphatic carboxylic acids is 1. The maximum atomic E-state index is 13.3. The van der Waals surface area contributed by atoms with E-state index in [4.69, 9.17) is 11.5 Å². The molecule has 0 aliphatic rings. The van der Waals surface area contributed by atoms with Gasteiger partial charge in [0, 0.05) is 18.3 Å². The number of nitrogens with two attached hydrogens (primary N) is 2. The van der Waals surface area contributed by atoms with Crippen LogP contribution in [0.4, 0.5) is 0 Å². The van der Waals surface area contributed by atoms with Gasteiger partial charge in [-0.3, -0.25) is 14.4 Å². The number of aromatic nitrogens is 2. The number of imidazole rings is 1. The molecule has 3 amide bonds. The van der Waals surface area contributed by atoms with Crippen LogP contribution in [0.5, 0.6) is 5.75 Å². The molecule has 4 atom stereocenters. The average molecular weight is 560 g/mol. The van der Waals surface area contributed by atoms with Crippen molar-refractivity contribution in [3.8, 4) is 5.75 Å². The summed E-state index contributed by atoms with van der Waals surface area (Å²) >= 11 is 0. The number of nitrogens with one attached hydrogen (secondary N) is 4. The number of carbonyl (C=O) groups excluding carboxylic acids is 3. The van der Waals surface area contributed by atoms with Crippen LogP contribution in [0, 0.1) is 5.92 Å². The summed E-state index contributed by atoms with van der Waals surface area (Å²) in [7, 11) is 0. The Morgan fingerprint density at radius 2 is 1.55 bits per heavy atom. The number of hydrogen-bond acceptors (Lipinski definition) is 8. The van der Waals surface area contributed by atoms with Gasteiger partial charge in [-0.15, -0.1) is 0 Å². The average Bonchev–Trinajstić information content (AvgIpc) is 3.41. The Kier molecular flexibility index (Phi) is 13.1. The molecule has 0 aliphatic heterocycles. The van der Waals surface area contributed by atoms with Crippen molar-refractivity contribution in [2.45, 2.75) is 76.5 Å². The first-order valence-corrected chi connectivity index (χ1v) is 13.3. The van der Waals surface area contributed by atoms with Crippen molar-refractivity contribution < 1.29 is 29.4 Å². The molecule has 220 valence electrons. The van der Waals surface area contributed by atoms with Crippen molar-refractivity contribution in [1.29, 1.82) is 0 Å². The number of phenols is 1. The second-order valence-electron chi connectivity index (χ2n) is 10.2. The molecular weight excluding hydrogens is 518 g/mol. The van der Waals surface area contributed by atoms with Crippen LogP contribution in [0.3, 0.4) is 0 Å². The maximum absolute atomic E-state index is 13.3. The van der Waals surface area contributed by atoms with Crippen molar-refractivity contribution in [3.63, 3.8) is 0 Å². The molecule has 13 nitrogen and oxygen atoms in total. The Bertz CT molecular complexity index is 1090. The SMILES string of the molecule is CC(C)CC(NC(=O)C(N)Cc1ccc(O)cc1)C(=O)NC(CCCCN)C(=O)NC(Cc1cnc[nH]1)C(=O)O. The number of carboxylic acids is 1. The lowest BCUT2D eigenvalue weighted by atomic mass is 10.00. The van der Waals surface area contributed by atoms with Gasteiger partial charge in [0.25, 0.3) is 0 Å². The number of carbonyl (C=O) groups is 4. The number of benzene rings is 1. The van der Waals surface area contributed by atoms with E-state index in [-0.39, 0.29) is 37.4 Å². The smallest absolute Gasteiger partial charge is 0.326 e. The standard InChI is InChI=1S/C27H41N7O6/c1-16(2)11-22(33-24(36)20(29)12-17-6-8-19(35)9-7-17)26(38)32-21(5-3-4-10-28)25(37)34-23(27(39)40)13-18-14-30-15-31-18/h6-9,14-16,20-23,35H,3-5,10-13,28-29H2,1-2H3,(H,30,31)(H,32,38)(H,33,36)(H,34,37)(H,39,40). The van der Waals surface area contributed by atoms with Crippen LogP contribution in [0.15, 0.2) is 36.8 Å². The molecule has 0 aliphatic carbocycles. The van der Waals surface area contributed by atoms with Crippen LogP contribution in [0.25, 0.3) is 0 Å². The van der Waals surface area contributed by atoms with Crippen LogP contribution in [0.2, 0.25) is 0 Å². The lowest BCUT2D eigenvalue weighted by Gasteiger charge is -2.26. The second-order valence-corrected chi connectivity index (χ2v) is 10.2. The van der Waals surface area contributed by atoms with E-state index in [9.17, 15) is 29.4 Å². The van der Waals surface area contributed by atoms with Gasteiger partial charge in [-0.1, -0.05) is 26.0 Å². The van der Waals surface area contributed by atoms with Crippen molar-refractivity contribution in [3.05, 3.63) is 48.0 Å². The first-order chi connectivity index (χ1) is 19.0. The highest BCUT2D eigenvalue weighted by atomic mass is 16.4. The van der Waals surface area contributed by atoms with Crippen LogP contribution < -0.4 is 27.4 Å². The lowest BCUT2D eigenvalue weighted by molar-refractivity contribution is -0.142. The molecule has 0 spiro atoms. The molecule has 0 fully saturated rings. The van der Waals surface area contributed by atoms with E-state index in [1.807, 2.05) is 13.8 Å². The van der Waals surface area contributed by atoms with Crippen molar-refractivity contribution >= 4 is 23.7 Å². The molecule has 0 saturated heterocycles. The van der Waals surface area contributed by atoms with Gasteiger partial charge >= 0.3 is 5.97 Å². The van der Waals surface area contributed by atoms with Crippen LogP contribution >= 0.6 is 0 Å². The summed E-state index contributed by atoms with van der Waals surface area (Å²) in [5.74, 6) is -2.88. The summed E-state index contributed by atoms with van der Waals surface area (Å²) in [5.41, 5.74) is 12.9. The number of rotatable bonds is 17. The quantitative estimate of drug-likeness (QED) is 0.121. The number of aromatic hydroxyl groups is 1. The molecule has 1 heterocycles. The molecule has 40 heavy (non-hydrogen) atoms. The van der Waals surface area contributed by atoms with E-state index in [2.05, 4.69) is 25.9 Å². The third kappa shape index (κ3) is 11.0. The number of amides is 3. The van der Waals surface area contributed by atoms with E-state index < -0.39 is 47.9 Å². The Hall–Kier alpha value is -3.97. The maximum Gasteiger partial charge on any atom is 0.326 e. The van der Waals surface area contributed by atoms with E-state index in [0.717, 1.165) is 5.56 Å². The predicted molar refractivity (Wildman–Crippen MR) is 148 cm³/mol. The zero-order valence-corrected chi connectivity index (χ0v) is 22.9. The number of unbranched alkanes of at least 4 members (excludes halogenated alkanes) is 1. The van der Waals surface area contributed by atoms with Crippen molar-refractivity contribution in [2.75, 3.05) is 6.54 Å². The first-order valence-electron chi connectivity index (χ1n) is 13.3. The summed E-state index contributed by atoms with van der Waals surface area (Å²) in [4.78, 5) is 57.8. The minimum Gasteiger partial charge on any atom is -0.508 e. The van der Waals surface area contributed by atoms with E-state index in [0.29, 0.717) is 25.1 Å². The molecule has 1 aromatic carbocycles. The number of H-pyrrole nitrogens is 1. The topological polar surface area (TPSA) is 226 Å². The number of phenolic OH excluding ortho intramolecular Hbond substituents is 1. The fraction of sp³-hybridized carbons (Fsp3) is 0.519. The zero-order chi connectivity index (χ0) is 29.7. The summed E-state index contributed by atoms with van der Waals surface area (Å²) in [6.45, 7) is 4.17. The molecule has 2 rings (SSSR count). The molecule has 1 aromatic heterocycles. The second kappa shape index (κ2) is 16.2. The van der Waals surface area contributed by atoms with Gasteiger partial charge in [0.2, 0.25) is 17.7 Å². The minimum absolute atomic E-state index is 0.0184. The van der Waals surface area contributed by atoms with Crippen LogP contribution in [0.1, 0.15) is 50.8 Å². The van der Waals surface area contributed by atoms with E-state index >= 15 is 0 Å². The normalized spacial score (nSPS) is 14.1. The van der Waals surface area contributed by atoms with Crippen LogP contribution in [-0.2, 0) is 32.0 Å². The van der Waals surface area contributed by atoms with Crippen molar-refractivity contribution in [2.24, 2.45) is 17.4 Å². The first kappa shape index (κ1) is 32.2. The molecule has 4 unspecified atom stereocenters. The van der Waals surface area contributed by atoms with Gasteiger partial charge in [-0.05, 0) is 62.3 Å². The molecule has 0 bridgehead atoms. The highest BCUT2D eigenvalue weighted by molar-refractivity contribution is 5.94. The number of nitrogens with zero attached hydrogens (tertiary/aromatic N) is 1. The molecular formula is C27H41N7O6. The fourth-order valence-corrected chi connectivity index (χ4v) is 4.08. The van der Waals surface area contributed by atoms with Gasteiger partial charge < -0.3 is 42.6 Å². The van der Waals surface area contributed by atoms with Gasteiger partial charge in [0.1, 0.15) is 23.9 Å². The predicted octanol–water partition coefficient (Wildman–Crippen LogP) is -0.0581. The van der Waals surface area contributed by atoms with E-state index in [1.165, 1.54) is 24.7 Å².